The van der Waals surface area contributed by atoms with E-state index in [-0.39, 0.29) is 5.91 Å². The minimum absolute atomic E-state index is 0.0654. The molecular weight excluding hydrogens is 364 g/mol. The number of carbonyl (C=O) groups is 1. The molecule has 5 nitrogen and oxygen atoms in total. The summed E-state index contributed by atoms with van der Waals surface area (Å²) in [5, 5.41) is 0. The minimum Gasteiger partial charge on any atom is -0.490 e. The zero-order valence-electron chi connectivity index (χ0n) is 17.0. The van der Waals surface area contributed by atoms with Gasteiger partial charge in [-0.15, -0.1) is 0 Å². The molecule has 0 unspecified atom stereocenters. The van der Waals surface area contributed by atoms with Gasteiger partial charge in [0.1, 0.15) is 24.7 Å². The van der Waals surface area contributed by atoms with E-state index >= 15 is 0 Å². The van der Waals surface area contributed by atoms with E-state index in [2.05, 4.69) is 4.90 Å². The van der Waals surface area contributed by atoms with E-state index in [1.54, 1.807) is 0 Å². The molecule has 0 aromatic heterocycles. The molecule has 5 heteroatoms. The van der Waals surface area contributed by atoms with E-state index in [0.29, 0.717) is 24.5 Å². The fourth-order valence-electron chi connectivity index (χ4n) is 4.33. The highest BCUT2D eigenvalue weighted by molar-refractivity contribution is 5.97. The number of ether oxygens (including phenoxy) is 2. The van der Waals surface area contributed by atoms with Gasteiger partial charge in [0.2, 0.25) is 0 Å². The van der Waals surface area contributed by atoms with Gasteiger partial charge < -0.3 is 14.4 Å². The molecule has 0 N–H and O–H groups in total. The molecule has 1 amide bonds. The van der Waals surface area contributed by atoms with Crippen molar-refractivity contribution in [3.63, 3.8) is 0 Å². The van der Waals surface area contributed by atoms with Crippen molar-refractivity contribution >= 4 is 5.91 Å². The number of benzene rings is 2. The van der Waals surface area contributed by atoms with Gasteiger partial charge in [0.25, 0.3) is 5.91 Å². The van der Waals surface area contributed by atoms with Crippen LogP contribution >= 0.6 is 0 Å². The predicted molar refractivity (Wildman–Crippen MR) is 114 cm³/mol. The van der Waals surface area contributed by atoms with Crippen LogP contribution in [0.3, 0.4) is 0 Å². The van der Waals surface area contributed by atoms with Crippen LogP contribution in [0.2, 0.25) is 0 Å². The lowest BCUT2D eigenvalue weighted by molar-refractivity contribution is 0.0569. The van der Waals surface area contributed by atoms with Crippen molar-refractivity contribution in [1.29, 1.82) is 0 Å². The van der Waals surface area contributed by atoms with Crippen LogP contribution in [0.1, 0.15) is 36.0 Å². The molecule has 1 aliphatic heterocycles. The second kappa shape index (κ2) is 9.79. The largest absolute Gasteiger partial charge is 0.490 e. The van der Waals surface area contributed by atoms with Gasteiger partial charge in [-0.25, -0.2) is 0 Å². The highest BCUT2D eigenvalue weighted by Gasteiger charge is 2.29. The Morgan fingerprint density at radius 1 is 0.828 bits per heavy atom. The van der Waals surface area contributed by atoms with Crippen molar-refractivity contribution in [3.8, 4) is 11.5 Å². The summed E-state index contributed by atoms with van der Waals surface area (Å²) >= 11 is 0. The Morgan fingerprint density at radius 2 is 1.48 bits per heavy atom. The molecule has 0 radical (unpaired) electrons. The van der Waals surface area contributed by atoms with Crippen molar-refractivity contribution in [1.82, 2.24) is 9.80 Å². The second-order valence-electron chi connectivity index (χ2n) is 7.77. The normalized spacial score (nSPS) is 18.0. The molecular formula is C24H30N2O3. The molecule has 29 heavy (non-hydrogen) atoms. The van der Waals surface area contributed by atoms with Crippen molar-refractivity contribution in [2.75, 3.05) is 39.4 Å². The topological polar surface area (TPSA) is 42.0 Å². The molecule has 1 saturated carbocycles. The Labute approximate surface area is 173 Å². The number of hydrogen-bond donors (Lipinski definition) is 0. The zero-order chi connectivity index (χ0) is 19.9. The van der Waals surface area contributed by atoms with Crippen LogP contribution in [0.5, 0.6) is 11.5 Å². The number of hydrogen-bond acceptors (Lipinski definition) is 4. The number of amides is 1. The summed E-state index contributed by atoms with van der Waals surface area (Å²) in [5.41, 5.74) is 0.640. The Bertz CT molecular complexity index is 782. The van der Waals surface area contributed by atoms with Crippen molar-refractivity contribution in [2.45, 2.75) is 31.7 Å². The van der Waals surface area contributed by atoms with Crippen molar-refractivity contribution < 1.29 is 14.3 Å². The van der Waals surface area contributed by atoms with Crippen molar-refractivity contribution in [3.05, 3.63) is 60.2 Å². The van der Waals surface area contributed by atoms with Gasteiger partial charge in [0.05, 0.1) is 5.56 Å². The quantitative estimate of drug-likeness (QED) is 0.669. The third kappa shape index (κ3) is 5.10. The summed E-state index contributed by atoms with van der Waals surface area (Å²) < 4.78 is 11.6. The number of piperazine rings is 1. The molecule has 154 valence electrons. The van der Waals surface area contributed by atoms with Crippen LogP contribution < -0.4 is 9.47 Å². The SMILES string of the molecule is O=C(c1ccccc1OCCOc1ccccc1)N1CCN(C2CCCC2)CC1. The van der Waals surface area contributed by atoms with E-state index < -0.39 is 0 Å². The Kier molecular flexibility index (Phi) is 6.67. The van der Waals surface area contributed by atoms with E-state index in [1.165, 1.54) is 25.7 Å². The molecule has 1 aliphatic carbocycles. The lowest BCUT2D eigenvalue weighted by Crippen LogP contribution is -2.51. The average molecular weight is 395 g/mol. The first-order valence-electron chi connectivity index (χ1n) is 10.7. The first-order chi connectivity index (χ1) is 14.3. The Balaban J connectivity index is 1.29. The summed E-state index contributed by atoms with van der Waals surface area (Å²) in [7, 11) is 0. The Hall–Kier alpha value is -2.53. The third-order valence-corrected chi connectivity index (χ3v) is 5.91. The molecule has 0 atom stereocenters. The van der Waals surface area contributed by atoms with Crippen LogP contribution in [0.25, 0.3) is 0 Å². The first kappa shape index (κ1) is 19.8. The second-order valence-corrected chi connectivity index (χ2v) is 7.77. The number of nitrogens with zero attached hydrogens (tertiary/aromatic N) is 2. The lowest BCUT2D eigenvalue weighted by Gasteiger charge is -2.38. The average Bonchev–Trinajstić information content (AvgIpc) is 3.32. The molecule has 1 saturated heterocycles. The molecule has 0 spiro atoms. The van der Waals surface area contributed by atoms with Crippen LogP contribution in [0.4, 0.5) is 0 Å². The summed E-state index contributed by atoms with van der Waals surface area (Å²) in [4.78, 5) is 17.6. The lowest BCUT2D eigenvalue weighted by atomic mass is 10.1. The van der Waals surface area contributed by atoms with Gasteiger partial charge in [-0.3, -0.25) is 9.69 Å². The molecule has 1 heterocycles. The van der Waals surface area contributed by atoms with Gasteiger partial charge in [0, 0.05) is 32.2 Å². The number of para-hydroxylation sites is 2. The van der Waals surface area contributed by atoms with Crippen LogP contribution in [-0.2, 0) is 0 Å². The van der Waals surface area contributed by atoms with Gasteiger partial charge in [-0.1, -0.05) is 43.2 Å². The van der Waals surface area contributed by atoms with Gasteiger partial charge in [-0.2, -0.15) is 0 Å². The van der Waals surface area contributed by atoms with E-state index in [1.807, 2.05) is 59.5 Å². The monoisotopic (exact) mass is 394 g/mol. The summed E-state index contributed by atoms with van der Waals surface area (Å²) in [5.74, 6) is 1.52. The van der Waals surface area contributed by atoms with E-state index in [9.17, 15) is 4.79 Å². The van der Waals surface area contributed by atoms with Gasteiger partial charge in [-0.05, 0) is 37.1 Å². The predicted octanol–water partition coefficient (Wildman–Crippen LogP) is 3.84. The number of carbonyl (C=O) groups excluding carboxylic acids is 1. The maximum absolute atomic E-state index is 13.1. The molecule has 2 aromatic carbocycles. The summed E-state index contributed by atoms with van der Waals surface area (Å²) in [6.07, 6.45) is 5.33. The Morgan fingerprint density at radius 3 is 2.24 bits per heavy atom. The fraction of sp³-hybridized carbons (Fsp3) is 0.458. The smallest absolute Gasteiger partial charge is 0.257 e. The van der Waals surface area contributed by atoms with E-state index in [0.717, 1.165) is 38.0 Å². The van der Waals surface area contributed by atoms with Crippen LogP contribution in [-0.4, -0.2) is 61.1 Å². The van der Waals surface area contributed by atoms with Crippen LogP contribution in [0.15, 0.2) is 54.6 Å². The molecule has 4 rings (SSSR count). The number of rotatable bonds is 7. The first-order valence-corrected chi connectivity index (χ1v) is 10.7. The molecule has 0 bridgehead atoms. The maximum Gasteiger partial charge on any atom is 0.257 e. The standard InChI is InChI=1S/C24H30N2O3/c27-24(26-16-14-25(15-17-26)20-8-4-5-9-20)22-12-6-7-13-23(22)29-19-18-28-21-10-2-1-3-11-21/h1-3,6-7,10-13,20H,4-5,8-9,14-19H2. The minimum atomic E-state index is 0.0654. The maximum atomic E-state index is 13.1. The summed E-state index contributed by atoms with van der Waals surface area (Å²) in [6.45, 7) is 4.37. The summed E-state index contributed by atoms with van der Waals surface area (Å²) in [6, 6.07) is 17.9. The third-order valence-electron chi connectivity index (χ3n) is 5.91. The van der Waals surface area contributed by atoms with Crippen molar-refractivity contribution in [2.24, 2.45) is 0 Å². The molecule has 2 fully saturated rings. The van der Waals surface area contributed by atoms with Crippen LogP contribution in [0, 0.1) is 0 Å². The highest BCUT2D eigenvalue weighted by Crippen LogP contribution is 2.25. The molecule has 2 aromatic rings. The zero-order valence-corrected chi connectivity index (χ0v) is 17.0. The van der Waals surface area contributed by atoms with E-state index in [4.69, 9.17) is 9.47 Å². The fourth-order valence-corrected chi connectivity index (χ4v) is 4.33. The van der Waals surface area contributed by atoms with Gasteiger partial charge >= 0.3 is 0 Å². The van der Waals surface area contributed by atoms with Gasteiger partial charge in [0.15, 0.2) is 0 Å². The molecule has 2 aliphatic rings. The highest BCUT2D eigenvalue weighted by atomic mass is 16.5.